The summed E-state index contributed by atoms with van der Waals surface area (Å²) in [7, 11) is 0. The Morgan fingerprint density at radius 2 is 1.77 bits per heavy atom. The molecule has 0 bridgehead atoms. The van der Waals surface area contributed by atoms with Gasteiger partial charge in [-0.1, -0.05) is 38.8 Å². The molecule has 0 radical (unpaired) electrons. The molecule has 1 fully saturated rings. The van der Waals surface area contributed by atoms with Crippen molar-refractivity contribution in [1.29, 1.82) is 0 Å². The van der Waals surface area contributed by atoms with Crippen molar-refractivity contribution in [3.05, 3.63) is 29.8 Å². The van der Waals surface area contributed by atoms with Crippen LogP contribution in [-0.4, -0.2) is 44.1 Å². The maximum atomic E-state index is 10.1. The Morgan fingerprint density at radius 3 is 2.36 bits per heavy atom. The van der Waals surface area contributed by atoms with Crippen molar-refractivity contribution >= 4 is 5.69 Å². The lowest BCUT2D eigenvalue weighted by atomic mass is 9.96. The van der Waals surface area contributed by atoms with Crippen LogP contribution in [0, 0.1) is 5.92 Å². The molecule has 1 unspecified atom stereocenters. The lowest BCUT2D eigenvalue weighted by Crippen LogP contribution is -2.36. The molecule has 4 heteroatoms. The Hall–Kier alpha value is -1.10. The second kappa shape index (κ2) is 9.13. The maximum absolute atomic E-state index is 10.1. The van der Waals surface area contributed by atoms with Crippen molar-refractivity contribution in [2.75, 3.05) is 37.7 Å². The molecule has 4 nitrogen and oxygen atoms in total. The average Bonchev–Trinajstić information content (AvgIpc) is 2.57. The molecule has 0 aromatic heterocycles. The van der Waals surface area contributed by atoms with E-state index in [1.54, 1.807) is 0 Å². The minimum Gasteiger partial charge on any atom is -0.392 e. The van der Waals surface area contributed by atoms with E-state index in [2.05, 4.69) is 48.3 Å². The number of anilines is 1. The van der Waals surface area contributed by atoms with Gasteiger partial charge in [-0.15, -0.1) is 0 Å². The molecule has 0 amide bonds. The van der Waals surface area contributed by atoms with E-state index in [1.165, 1.54) is 11.3 Å². The fourth-order valence-corrected chi connectivity index (χ4v) is 3.01. The molecule has 0 spiro atoms. The normalized spacial score (nSPS) is 17.0. The lowest BCUT2D eigenvalue weighted by Gasteiger charge is -2.29. The summed E-state index contributed by atoms with van der Waals surface area (Å²) in [6, 6.07) is 8.70. The minimum absolute atomic E-state index is 0.248. The number of aliphatic hydroxyl groups excluding tert-OH is 1. The molecule has 124 valence electrons. The van der Waals surface area contributed by atoms with Crippen molar-refractivity contribution in [2.45, 2.75) is 39.3 Å². The first-order chi connectivity index (χ1) is 10.7. The minimum atomic E-state index is -0.248. The molecule has 1 saturated heterocycles. The van der Waals surface area contributed by atoms with Crippen molar-refractivity contribution in [3.63, 3.8) is 0 Å². The van der Waals surface area contributed by atoms with Gasteiger partial charge >= 0.3 is 0 Å². The third-order valence-electron chi connectivity index (χ3n) is 4.59. The monoisotopic (exact) mass is 306 g/mol. The molecule has 1 aliphatic rings. The summed E-state index contributed by atoms with van der Waals surface area (Å²) in [5.41, 5.74) is 2.53. The Balaban J connectivity index is 1.76. The first-order valence-corrected chi connectivity index (χ1v) is 8.55. The number of rotatable bonds is 8. The third-order valence-corrected chi connectivity index (χ3v) is 4.59. The molecule has 22 heavy (non-hydrogen) atoms. The van der Waals surface area contributed by atoms with Gasteiger partial charge in [0.2, 0.25) is 0 Å². The smallest absolute Gasteiger partial charge is 0.0692 e. The quantitative estimate of drug-likeness (QED) is 0.774. The van der Waals surface area contributed by atoms with Crippen LogP contribution in [0.25, 0.3) is 0 Å². The van der Waals surface area contributed by atoms with Crippen molar-refractivity contribution < 1.29 is 9.84 Å². The highest BCUT2D eigenvalue weighted by Gasteiger charge is 2.14. The van der Waals surface area contributed by atoms with Gasteiger partial charge in [-0.3, -0.25) is 0 Å². The van der Waals surface area contributed by atoms with Crippen LogP contribution in [-0.2, 0) is 11.3 Å². The second-order valence-electron chi connectivity index (χ2n) is 6.04. The molecule has 0 aliphatic carbocycles. The molecule has 0 saturated carbocycles. The Kier molecular flexibility index (Phi) is 7.16. The SMILES string of the molecule is CCC(CC)C(O)CNCc1ccc(N2CCOCC2)cc1. The van der Waals surface area contributed by atoms with E-state index in [4.69, 9.17) is 4.74 Å². The molecule has 2 rings (SSSR count). The summed E-state index contributed by atoms with van der Waals surface area (Å²) in [6.07, 6.45) is 1.82. The molecule has 1 atom stereocenters. The van der Waals surface area contributed by atoms with Gasteiger partial charge in [0.05, 0.1) is 19.3 Å². The Bertz CT molecular complexity index is 412. The van der Waals surface area contributed by atoms with Gasteiger partial charge in [0.15, 0.2) is 0 Å². The standard InChI is InChI=1S/C18H30N2O2/c1-3-16(4-2)18(21)14-19-13-15-5-7-17(8-6-15)20-9-11-22-12-10-20/h5-8,16,18-19,21H,3-4,9-14H2,1-2H3. The molecule has 1 heterocycles. The van der Waals surface area contributed by atoms with Gasteiger partial charge in [0, 0.05) is 31.9 Å². The second-order valence-corrected chi connectivity index (χ2v) is 6.04. The molecule has 2 N–H and O–H groups in total. The topological polar surface area (TPSA) is 44.7 Å². The van der Waals surface area contributed by atoms with E-state index in [-0.39, 0.29) is 6.10 Å². The van der Waals surface area contributed by atoms with Gasteiger partial charge < -0.3 is 20.1 Å². The summed E-state index contributed by atoms with van der Waals surface area (Å²) in [4.78, 5) is 2.36. The van der Waals surface area contributed by atoms with Crippen molar-refractivity contribution in [3.8, 4) is 0 Å². The summed E-state index contributed by atoms with van der Waals surface area (Å²) in [5.74, 6) is 0.399. The van der Waals surface area contributed by atoms with Crippen LogP contribution in [0.3, 0.4) is 0 Å². The van der Waals surface area contributed by atoms with Gasteiger partial charge in [-0.05, 0) is 23.6 Å². The van der Waals surface area contributed by atoms with Crippen molar-refractivity contribution in [2.24, 2.45) is 5.92 Å². The number of aliphatic hydroxyl groups is 1. The van der Waals surface area contributed by atoms with E-state index >= 15 is 0 Å². The predicted molar refractivity (Wildman–Crippen MR) is 91.3 cm³/mol. The first-order valence-electron chi connectivity index (χ1n) is 8.55. The summed E-state index contributed by atoms with van der Waals surface area (Å²) < 4.78 is 5.38. The van der Waals surface area contributed by atoms with Gasteiger partial charge in [-0.25, -0.2) is 0 Å². The number of benzene rings is 1. The number of nitrogens with zero attached hydrogens (tertiary/aromatic N) is 1. The molecule has 1 aromatic rings. The van der Waals surface area contributed by atoms with Crippen LogP contribution in [0.4, 0.5) is 5.69 Å². The molecule has 1 aromatic carbocycles. The van der Waals surface area contributed by atoms with Crippen LogP contribution in [0.15, 0.2) is 24.3 Å². The fraction of sp³-hybridized carbons (Fsp3) is 0.667. The summed E-state index contributed by atoms with van der Waals surface area (Å²) in [6.45, 7) is 9.33. The van der Waals surface area contributed by atoms with Gasteiger partial charge in [-0.2, -0.15) is 0 Å². The maximum Gasteiger partial charge on any atom is 0.0692 e. The van der Waals surface area contributed by atoms with Crippen LogP contribution in [0.2, 0.25) is 0 Å². The van der Waals surface area contributed by atoms with Crippen molar-refractivity contribution in [1.82, 2.24) is 5.32 Å². The van der Waals surface area contributed by atoms with Crippen LogP contribution < -0.4 is 10.2 Å². The zero-order valence-corrected chi connectivity index (χ0v) is 13.9. The summed E-state index contributed by atoms with van der Waals surface area (Å²) in [5, 5.41) is 13.5. The van der Waals surface area contributed by atoms with E-state index < -0.39 is 0 Å². The van der Waals surface area contributed by atoms with E-state index in [9.17, 15) is 5.11 Å². The fourth-order valence-electron chi connectivity index (χ4n) is 3.01. The average molecular weight is 306 g/mol. The van der Waals surface area contributed by atoms with Gasteiger partial charge in [0.1, 0.15) is 0 Å². The van der Waals surface area contributed by atoms with Gasteiger partial charge in [0.25, 0.3) is 0 Å². The molecular weight excluding hydrogens is 276 g/mol. The highest BCUT2D eigenvalue weighted by molar-refractivity contribution is 5.47. The number of hydrogen-bond acceptors (Lipinski definition) is 4. The summed E-state index contributed by atoms with van der Waals surface area (Å²) >= 11 is 0. The molecular formula is C18H30N2O2. The number of ether oxygens (including phenoxy) is 1. The Labute approximate surface area is 134 Å². The lowest BCUT2D eigenvalue weighted by molar-refractivity contribution is 0.101. The first kappa shape index (κ1) is 17.3. The largest absolute Gasteiger partial charge is 0.392 e. The van der Waals surface area contributed by atoms with E-state index in [1.807, 2.05) is 0 Å². The van der Waals surface area contributed by atoms with Crippen LogP contribution >= 0.6 is 0 Å². The zero-order chi connectivity index (χ0) is 15.8. The Morgan fingerprint density at radius 1 is 1.14 bits per heavy atom. The number of hydrogen-bond donors (Lipinski definition) is 2. The van der Waals surface area contributed by atoms with E-state index in [0.29, 0.717) is 12.5 Å². The van der Waals surface area contributed by atoms with E-state index in [0.717, 1.165) is 45.7 Å². The van der Waals surface area contributed by atoms with Crippen LogP contribution in [0.5, 0.6) is 0 Å². The number of nitrogens with one attached hydrogen (secondary N) is 1. The van der Waals surface area contributed by atoms with Crippen LogP contribution in [0.1, 0.15) is 32.3 Å². The number of morpholine rings is 1. The molecule has 1 aliphatic heterocycles. The highest BCUT2D eigenvalue weighted by atomic mass is 16.5. The predicted octanol–water partition coefficient (Wildman–Crippen LogP) is 2.41. The third kappa shape index (κ3) is 4.97. The highest BCUT2D eigenvalue weighted by Crippen LogP contribution is 2.17. The zero-order valence-electron chi connectivity index (χ0n) is 13.9.